The smallest absolute Gasteiger partial charge is 0.328 e. The first kappa shape index (κ1) is 21.1. The zero-order chi connectivity index (χ0) is 20.7. The standard InChI is InChI=1S/C18H25N5O5/c1-11(2)8-13(18(25)28-5)19-16(24)10-23-21-17(20-22-23)12-6-7-14(26-3)15(9-12)27-4/h6-7,9,11,13H,8,10H2,1-5H3,(H,19,24)/t13-/m0/s1. The molecule has 2 aromatic rings. The van der Waals surface area contributed by atoms with Crippen molar-refractivity contribution < 1.29 is 23.8 Å². The predicted molar refractivity (Wildman–Crippen MR) is 99.8 cm³/mol. The number of carbonyl (C=O) groups excluding carboxylic acids is 2. The fraction of sp³-hybridized carbons (Fsp3) is 0.500. The molecule has 0 spiro atoms. The number of hydrogen-bond donors (Lipinski definition) is 1. The van der Waals surface area contributed by atoms with Crippen molar-refractivity contribution in [2.75, 3.05) is 21.3 Å². The van der Waals surface area contributed by atoms with Crippen LogP contribution in [0.2, 0.25) is 0 Å². The molecule has 1 aromatic carbocycles. The molecule has 1 atom stereocenters. The van der Waals surface area contributed by atoms with E-state index in [-0.39, 0.29) is 12.5 Å². The monoisotopic (exact) mass is 391 g/mol. The van der Waals surface area contributed by atoms with Gasteiger partial charge in [-0.1, -0.05) is 13.8 Å². The zero-order valence-corrected chi connectivity index (χ0v) is 16.6. The van der Waals surface area contributed by atoms with Crippen molar-refractivity contribution in [3.8, 4) is 22.9 Å². The van der Waals surface area contributed by atoms with Gasteiger partial charge in [0.2, 0.25) is 11.7 Å². The molecular formula is C18H25N5O5. The first-order valence-electron chi connectivity index (χ1n) is 8.75. The molecule has 1 amide bonds. The Morgan fingerprint density at radius 1 is 1.14 bits per heavy atom. The van der Waals surface area contributed by atoms with Crippen molar-refractivity contribution in [2.24, 2.45) is 5.92 Å². The normalized spacial score (nSPS) is 11.8. The summed E-state index contributed by atoms with van der Waals surface area (Å²) in [4.78, 5) is 25.3. The van der Waals surface area contributed by atoms with Gasteiger partial charge in [-0.2, -0.15) is 4.80 Å². The summed E-state index contributed by atoms with van der Waals surface area (Å²) < 4.78 is 15.2. The quantitative estimate of drug-likeness (QED) is 0.631. The van der Waals surface area contributed by atoms with E-state index in [9.17, 15) is 9.59 Å². The second kappa shape index (κ2) is 9.67. The molecule has 2 rings (SSSR count). The first-order chi connectivity index (χ1) is 13.4. The van der Waals surface area contributed by atoms with E-state index in [4.69, 9.17) is 14.2 Å². The van der Waals surface area contributed by atoms with E-state index in [0.717, 1.165) is 4.80 Å². The Morgan fingerprint density at radius 2 is 1.86 bits per heavy atom. The van der Waals surface area contributed by atoms with Crippen LogP contribution in [0.4, 0.5) is 0 Å². The number of aromatic nitrogens is 4. The average Bonchev–Trinajstić information content (AvgIpc) is 3.14. The molecular weight excluding hydrogens is 366 g/mol. The average molecular weight is 391 g/mol. The Hall–Kier alpha value is -3.17. The van der Waals surface area contributed by atoms with Crippen molar-refractivity contribution >= 4 is 11.9 Å². The Morgan fingerprint density at radius 3 is 2.46 bits per heavy atom. The van der Waals surface area contributed by atoms with Gasteiger partial charge in [0.15, 0.2) is 11.5 Å². The van der Waals surface area contributed by atoms with E-state index in [2.05, 4.69) is 20.7 Å². The number of methoxy groups -OCH3 is 3. The molecule has 0 unspecified atom stereocenters. The molecule has 10 nitrogen and oxygen atoms in total. The van der Waals surface area contributed by atoms with E-state index < -0.39 is 17.9 Å². The van der Waals surface area contributed by atoms with Crippen LogP contribution in [0.15, 0.2) is 18.2 Å². The summed E-state index contributed by atoms with van der Waals surface area (Å²) in [6.45, 7) is 3.73. The molecule has 28 heavy (non-hydrogen) atoms. The van der Waals surface area contributed by atoms with Crippen LogP contribution >= 0.6 is 0 Å². The van der Waals surface area contributed by atoms with Crippen molar-refractivity contribution in [1.29, 1.82) is 0 Å². The summed E-state index contributed by atoms with van der Waals surface area (Å²) in [7, 11) is 4.37. The third kappa shape index (κ3) is 5.41. The van der Waals surface area contributed by atoms with Gasteiger partial charge < -0.3 is 19.5 Å². The van der Waals surface area contributed by atoms with Crippen LogP contribution < -0.4 is 14.8 Å². The van der Waals surface area contributed by atoms with Gasteiger partial charge in [-0.3, -0.25) is 4.79 Å². The highest BCUT2D eigenvalue weighted by Crippen LogP contribution is 2.30. The molecule has 0 fully saturated rings. The summed E-state index contributed by atoms with van der Waals surface area (Å²) in [6.07, 6.45) is 0.472. The molecule has 10 heteroatoms. The van der Waals surface area contributed by atoms with Crippen LogP contribution in [0, 0.1) is 5.92 Å². The maximum Gasteiger partial charge on any atom is 0.328 e. The third-order valence-electron chi connectivity index (χ3n) is 3.91. The maximum absolute atomic E-state index is 12.3. The number of esters is 1. The molecule has 0 radical (unpaired) electrons. The molecule has 1 aromatic heterocycles. The molecule has 1 N–H and O–H groups in total. The van der Waals surface area contributed by atoms with Crippen molar-refractivity contribution in [3.05, 3.63) is 18.2 Å². The van der Waals surface area contributed by atoms with Crippen LogP contribution in [0.25, 0.3) is 11.4 Å². The van der Waals surface area contributed by atoms with E-state index in [1.54, 1.807) is 25.3 Å². The summed E-state index contributed by atoms with van der Waals surface area (Å²) in [5, 5.41) is 14.7. The van der Waals surface area contributed by atoms with Gasteiger partial charge >= 0.3 is 5.97 Å². The maximum atomic E-state index is 12.3. The van der Waals surface area contributed by atoms with Crippen LogP contribution in [0.5, 0.6) is 11.5 Å². The molecule has 0 aliphatic rings. The Labute approximate surface area is 163 Å². The minimum atomic E-state index is -0.716. The lowest BCUT2D eigenvalue weighted by Gasteiger charge is -2.17. The highest BCUT2D eigenvalue weighted by molar-refractivity contribution is 5.84. The van der Waals surface area contributed by atoms with E-state index in [0.29, 0.717) is 29.3 Å². The number of benzene rings is 1. The first-order valence-corrected chi connectivity index (χ1v) is 8.75. The molecule has 0 aliphatic heterocycles. The number of ether oxygens (including phenoxy) is 3. The number of hydrogen-bond acceptors (Lipinski definition) is 8. The lowest BCUT2D eigenvalue weighted by molar-refractivity contribution is -0.145. The topological polar surface area (TPSA) is 117 Å². The Balaban J connectivity index is 2.07. The molecule has 0 bridgehead atoms. The predicted octanol–water partition coefficient (Wildman–Crippen LogP) is 1.06. The number of carbonyl (C=O) groups is 2. The van der Waals surface area contributed by atoms with E-state index >= 15 is 0 Å². The van der Waals surface area contributed by atoms with Gasteiger partial charge in [0.05, 0.1) is 21.3 Å². The highest BCUT2D eigenvalue weighted by atomic mass is 16.5. The highest BCUT2D eigenvalue weighted by Gasteiger charge is 2.23. The number of amides is 1. The lowest BCUT2D eigenvalue weighted by Crippen LogP contribution is -2.43. The summed E-state index contributed by atoms with van der Waals surface area (Å²) in [5.74, 6) is 0.763. The van der Waals surface area contributed by atoms with Gasteiger partial charge in [-0.15, -0.1) is 10.2 Å². The van der Waals surface area contributed by atoms with Crippen molar-refractivity contribution in [2.45, 2.75) is 32.9 Å². The van der Waals surface area contributed by atoms with Gasteiger partial charge in [-0.05, 0) is 35.8 Å². The second-order valence-corrected chi connectivity index (χ2v) is 6.49. The van der Waals surface area contributed by atoms with Crippen LogP contribution in [0.3, 0.4) is 0 Å². The fourth-order valence-electron chi connectivity index (χ4n) is 2.60. The van der Waals surface area contributed by atoms with Crippen LogP contribution in [0.1, 0.15) is 20.3 Å². The minimum absolute atomic E-state index is 0.175. The molecule has 0 saturated carbocycles. The Bertz CT molecular complexity index is 820. The molecule has 0 saturated heterocycles. The SMILES string of the molecule is COC(=O)[C@H](CC(C)C)NC(=O)Cn1nnc(-c2ccc(OC)c(OC)c2)n1. The summed E-state index contributed by atoms with van der Waals surface area (Å²) in [6, 6.07) is 4.50. The minimum Gasteiger partial charge on any atom is -0.493 e. The number of nitrogens with zero attached hydrogens (tertiary/aromatic N) is 4. The molecule has 0 aliphatic carbocycles. The lowest BCUT2D eigenvalue weighted by atomic mass is 10.0. The van der Waals surface area contributed by atoms with E-state index in [1.165, 1.54) is 14.2 Å². The molecule has 152 valence electrons. The summed E-state index contributed by atoms with van der Waals surface area (Å²) >= 11 is 0. The van der Waals surface area contributed by atoms with Crippen molar-refractivity contribution in [1.82, 2.24) is 25.5 Å². The van der Waals surface area contributed by atoms with E-state index in [1.807, 2.05) is 13.8 Å². The second-order valence-electron chi connectivity index (χ2n) is 6.49. The summed E-state index contributed by atoms with van der Waals surface area (Å²) in [5.41, 5.74) is 0.663. The van der Waals surface area contributed by atoms with Gasteiger partial charge in [0, 0.05) is 5.56 Å². The fourth-order valence-corrected chi connectivity index (χ4v) is 2.60. The van der Waals surface area contributed by atoms with Crippen molar-refractivity contribution in [3.63, 3.8) is 0 Å². The third-order valence-corrected chi connectivity index (χ3v) is 3.91. The van der Waals surface area contributed by atoms with Crippen LogP contribution in [-0.4, -0.2) is 59.5 Å². The Kier molecular flexibility index (Phi) is 7.30. The molecule has 1 heterocycles. The van der Waals surface area contributed by atoms with Gasteiger partial charge in [-0.25, -0.2) is 4.79 Å². The number of rotatable bonds is 9. The number of tetrazole rings is 1. The number of nitrogens with one attached hydrogen (secondary N) is 1. The zero-order valence-electron chi connectivity index (χ0n) is 16.6. The van der Waals surface area contributed by atoms with Gasteiger partial charge in [0.1, 0.15) is 12.6 Å². The largest absolute Gasteiger partial charge is 0.493 e. The van der Waals surface area contributed by atoms with Gasteiger partial charge in [0.25, 0.3) is 0 Å². The van der Waals surface area contributed by atoms with Crippen LogP contribution in [-0.2, 0) is 20.9 Å².